The van der Waals surface area contributed by atoms with Gasteiger partial charge in [0.25, 0.3) is 15.9 Å². The SMILES string of the molecule is Cc1cccc(NS(=O)(=O)c2ccc(C(=O)OC(C)C(=O)N3CCCC3)cc2)c1C. The number of likely N-dealkylation sites (tertiary alicyclic amines) is 1. The number of anilines is 1. The van der Waals surface area contributed by atoms with Crippen LogP contribution < -0.4 is 4.72 Å². The fraction of sp³-hybridized carbons (Fsp3) is 0.364. The smallest absolute Gasteiger partial charge is 0.338 e. The highest BCUT2D eigenvalue weighted by Gasteiger charge is 2.26. The first kappa shape index (κ1) is 21.8. The topological polar surface area (TPSA) is 92.8 Å². The number of amides is 1. The van der Waals surface area contributed by atoms with E-state index in [1.165, 1.54) is 24.3 Å². The zero-order chi connectivity index (χ0) is 21.9. The average Bonchev–Trinajstić information content (AvgIpc) is 3.25. The number of benzene rings is 2. The van der Waals surface area contributed by atoms with Gasteiger partial charge in [-0.05, 0) is 75.1 Å². The molecule has 1 heterocycles. The normalized spacial score (nSPS) is 15.0. The molecule has 1 fully saturated rings. The number of rotatable bonds is 6. The molecule has 30 heavy (non-hydrogen) atoms. The van der Waals surface area contributed by atoms with Crippen LogP contribution in [-0.2, 0) is 19.6 Å². The lowest BCUT2D eigenvalue weighted by atomic mass is 10.1. The Morgan fingerprint density at radius 3 is 2.30 bits per heavy atom. The molecule has 8 heteroatoms. The summed E-state index contributed by atoms with van der Waals surface area (Å²) < 4.78 is 33.2. The molecule has 1 unspecified atom stereocenters. The van der Waals surface area contributed by atoms with Gasteiger partial charge in [0.15, 0.2) is 6.10 Å². The van der Waals surface area contributed by atoms with Crippen LogP contribution in [0.25, 0.3) is 0 Å². The summed E-state index contributed by atoms with van der Waals surface area (Å²) in [6, 6.07) is 10.8. The first-order chi connectivity index (χ1) is 14.2. The molecule has 2 aromatic carbocycles. The standard InChI is InChI=1S/C22H26N2O5S/c1-15-7-6-8-20(16(15)2)23-30(27,28)19-11-9-18(10-12-19)22(26)29-17(3)21(25)24-13-4-5-14-24/h6-12,17,23H,4-5,13-14H2,1-3H3. The third-order valence-electron chi connectivity index (χ3n) is 5.30. The molecule has 1 N–H and O–H groups in total. The van der Waals surface area contributed by atoms with Gasteiger partial charge in [0.1, 0.15) is 0 Å². The molecule has 0 aliphatic carbocycles. The van der Waals surface area contributed by atoms with Gasteiger partial charge in [-0.2, -0.15) is 0 Å². The van der Waals surface area contributed by atoms with E-state index >= 15 is 0 Å². The first-order valence-corrected chi connectivity index (χ1v) is 11.4. The third-order valence-corrected chi connectivity index (χ3v) is 6.68. The van der Waals surface area contributed by atoms with Crippen molar-refractivity contribution in [3.8, 4) is 0 Å². The zero-order valence-electron chi connectivity index (χ0n) is 17.3. The van der Waals surface area contributed by atoms with Crippen LogP contribution in [0.15, 0.2) is 47.4 Å². The molecular formula is C22H26N2O5S. The van der Waals surface area contributed by atoms with Crippen LogP contribution in [0.3, 0.4) is 0 Å². The zero-order valence-corrected chi connectivity index (χ0v) is 18.2. The van der Waals surface area contributed by atoms with Gasteiger partial charge in [-0.25, -0.2) is 13.2 Å². The maximum absolute atomic E-state index is 12.7. The lowest BCUT2D eigenvalue weighted by Gasteiger charge is -2.20. The number of nitrogens with one attached hydrogen (secondary N) is 1. The Morgan fingerprint density at radius 2 is 1.67 bits per heavy atom. The van der Waals surface area contributed by atoms with Crippen LogP contribution in [0.4, 0.5) is 5.69 Å². The Labute approximate surface area is 177 Å². The van der Waals surface area contributed by atoms with Crippen molar-refractivity contribution in [1.82, 2.24) is 4.90 Å². The average molecular weight is 431 g/mol. The summed E-state index contributed by atoms with van der Waals surface area (Å²) >= 11 is 0. The predicted octanol–water partition coefficient (Wildman–Crippen LogP) is 3.27. The number of carbonyl (C=O) groups excluding carboxylic acids is 2. The summed E-state index contributed by atoms with van der Waals surface area (Å²) in [6.45, 7) is 6.66. The second kappa shape index (κ2) is 8.87. The van der Waals surface area contributed by atoms with Crippen molar-refractivity contribution in [2.24, 2.45) is 0 Å². The highest BCUT2D eigenvalue weighted by atomic mass is 32.2. The summed E-state index contributed by atoms with van der Waals surface area (Å²) in [5, 5.41) is 0. The summed E-state index contributed by atoms with van der Waals surface area (Å²) in [6.07, 6.45) is 1.03. The van der Waals surface area contributed by atoms with Gasteiger partial charge in [-0.3, -0.25) is 9.52 Å². The Balaban J connectivity index is 1.68. The Hall–Kier alpha value is -2.87. The minimum atomic E-state index is -3.81. The van der Waals surface area contributed by atoms with E-state index in [1.54, 1.807) is 24.0 Å². The van der Waals surface area contributed by atoms with E-state index in [9.17, 15) is 18.0 Å². The fourth-order valence-corrected chi connectivity index (χ4v) is 4.43. The molecule has 3 rings (SSSR count). The largest absolute Gasteiger partial charge is 0.449 e. The van der Waals surface area contributed by atoms with E-state index in [0.717, 1.165) is 24.0 Å². The van der Waals surface area contributed by atoms with Gasteiger partial charge in [-0.15, -0.1) is 0 Å². The summed E-state index contributed by atoms with van der Waals surface area (Å²) in [7, 11) is -3.81. The molecule has 0 bridgehead atoms. The molecule has 1 amide bonds. The molecule has 160 valence electrons. The van der Waals surface area contributed by atoms with Crippen LogP contribution in [0.1, 0.15) is 41.3 Å². The molecule has 0 saturated carbocycles. The quantitative estimate of drug-likeness (QED) is 0.710. The highest BCUT2D eigenvalue weighted by Crippen LogP contribution is 2.22. The summed E-state index contributed by atoms with van der Waals surface area (Å²) in [4.78, 5) is 26.4. The number of sulfonamides is 1. The molecule has 1 saturated heterocycles. The maximum atomic E-state index is 12.7. The maximum Gasteiger partial charge on any atom is 0.338 e. The van der Waals surface area contributed by atoms with E-state index in [4.69, 9.17) is 4.74 Å². The molecule has 2 aromatic rings. The lowest BCUT2D eigenvalue weighted by Crippen LogP contribution is -2.38. The number of carbonyl (C=O) groups is 2. The Morgan fingerprint density at radius 1 is 1.03 bits per heavy atom. The van der Waals surface area contributed by atoms with Crippen LogP contribution in [0, 0.1) is 13.8 Å². The van der Waals surface area contributed by atoms with Crippen molar-refractivity contribution < 1.29 is 22.7 Å². The van der Waals surface area contributed by atoms with Gasteiger partial charge >= 0.3 is 5.97 Å². The van der Waals surface area contributed by atoms with E-state index in [0.29, 0.717) is 18.8 Å². The molecular weight excluding hydrogens is 404 g/mol. The van der Waals surface area contributed by atoms with Crippen molar-refractivity contribution in [3.05, 3.63) is 59.2 Å². The van der Waals surface area contributed by atoms with Crippen LogP contribution in [-0.4, -0.2) is 44.4 Å². The van der Waals surface area contributed by atoms with Crippen molar-refractivity contribution >= 4 is 27.6 Å². The summed E-state index contributed by atoms with van der Waals surface area (Å²) in [5.74, 6) is -0.876. The van der Waals surface area contributed by atoms with E-state index in [1.807, 2.05) is 19.9 Å². The molecule has 1 aliphatic rings. The van der Waals surface area contributed by atoms with Crippen molar-refractivity contribution in [2.75, 3.05) is 17.8 Å². The predicted molar refractivity (Wildman–Crippen MR) is 114 cm³/mol. The number of hydrogen-bond acceptors (Lipinski definition) is 5. The van der Waals surface area contributed by atoms with Gasteiger partial charge < -0.3 is 9.64 Å². The van der Waals surface area contributed by atoms with Crippen molar-refractivity contribution in [1.29, 1.82) is 0 Å². The lowest BCUT2D eigenvalue weighted by molar-refractivity contribution is -0.138. The Bertz CT molecular complexity index is 1040. The van der Waals surface area contributed by atoms with Crippen LogP contribution >= 0.6 is 0 Å². The second-order valence-corrected chi connectivity index (χ2v) is 9.14. The minimum Gasteiger partial charge on any atom is -0.449 e. The monoisotopic (exact) mass is 430 g/mol. The van der Waals surface area contributed by atoms with Crippen molar-refractivity contribution in [3.63, 3.8) is 0 Å². The molecule has 0 radical (unpaired) electrons. The molecule has 0 aromatic heterocycles. The number of esters is 1. The highest BCUT2D eigenvalue weighted by molar-refractivity contribution is 7.92. The molecule has 0 spiro atoms. The molecule has 1 atom stereocenters. The fourth-order valence-electron chi connectivity index (χ4n) is 3.31. The van der Waals surface area contributed by atoms with Crippen LogP contribution in [0.2, 0.25) is 0 Å². The van der Waals surface area contributed by atoms with Crippen molar-refractivity contribution in [2.45, 2.75) is 44.6 Å². The molecule has 1 aliphatic heterocycles. The second-order valence-electron chi connectivity index (χ2n) is 7.46. The van der Waals surface area contributed by atoms with Gasteiger partial charge in [0.2, 0.25) is 0 Å². The van der Waals surface area contributed by atoms with Crippen LogP contribution in [0.5, 0.6) is 0 Å². The molecule has 7 nitrogen and oxygen atoms in total. The first-order valence-electron chi connectivity index (χ1n) is 9.88. The van der Waals surface area contributed by atoms with E-state index in [2.05, 4.69) is 4.72 Å². The number of aryl methyl sites for hydroxylation is 1. The van der Waals surface area contributed by atoms with E-state index < -0.39 is 22.1 Å². The number of hydrogen-bond donors (Lipinski definition) is 1. The number of ether oxygens (including phenoxy) is 1. The minimum absolute atomic E-state index is 0.0288. The van der Waals surface area contributed by atoms with Gasteiger partial charge in [-0.1, -0.05) is 12.1 Å². The number of nitrogens with zero attached hydrogens (tertiary/aromatic N) is 1. The Kier molecular flexibility index (Phi) is 6.45. The van der Waals surface area contributed by atoms with Gasteiger partial charge in [0.05, 0.1) is 16.1 Å². The summed E-state index contributed by atoms with van der Waals surface area (Å²) in [5.41, 5.74) is 2.51. The third kappa shape index (κ3) is 4.81. The van der Waals surface area contributed by atoms with E-state index in [-0.39, 0.29) is 16.4 Å². The van der Waals surface area contributed by atoms with Gasteiger partial charge in [0, 0.05) is 13.1 Å².